The summed E-state index contributed by atoms with van der Waals surface area (Å²) in [6, 6.07) is 7.38. The van der Waals surface area contributed by atoms with E-state index in [1.165, 1.54) is 0 Å². The fraction of sp³-hybridized carbons (Fsp3) is 0.533. The summed E-state index contributed by atoms with van der Waals surface area (Å²) in [5, 5.41) is 10.9. The Hall–Kier alpha value is -1.10. The van der Waals surface area contributed by atoms with Gasteiger partial charge in [-0.2, -0.15) is 0 Å². The quantitative estimate of drug-likeness (QED) is 0.873. The highest BCUT2D eigenvalue weighted by atomic mass is 35.5. The van der Waals surface area contributed by atoms with Crippen molar-refractivity contribution in [1.29, 1.82) is 0 Å². The zero-order chi connectivity index (χ0) is 14.5. The number of aliphatic hydroxyl groups is 1. The number of halogens is 1. The lowest BCUT2D eigenvalue weighted by molar-refractivity contribution is -0.119. The fourth-order valence-corrected chi connectivity index (χ4v) is 3.01. The van der Waals surface area contributed by atoms with Crippen molar-refractivity contribution in [2.45, 2.75) is 25.4 Å². The summed E-state index contributed by atoms with van der Waals surface area (Å²) in [6.07, 6.45) is 1.81. The van der Waals surface area contributed by atoms with Crippen LogP contribution in [0, 0.1) is 5.92 Å². The van der Waals surface area contributed by atoms with Crippen molar-refractivity contribution in [2.75, 3.05) is 19.6 Å². The summed E-state index contributed by atoms with van der Waals surface area (Å²) >= 11 is 6.09. The lowest BCUT2D eigenvalue weighted by Gasteiger charge is -2.32. The number of likely N-dealkylation sites (tertiary alicyclic amines) is 1. The van der Waals surface area contributed by atoms with E-state index in [1.807, 2.05) is 18.2 Å². The van der Waals surface area contributed by atoms with Crippen LogP contribution in [0.5, 0.6) is 0 Å². The molecule has 1 fully saturated rings. The molecule has 4 nitrogen and oxygen atoms in total. The van der Waals surface area contributed by atoms with Crippen LogP contribution in [0.3, 0.4) is 0 Å². The van der Waals surface area contributed by atoms with Crippen LogP contribution in [0.2, 0.25) is 5.02 Å². The number of aliphatic hydroxyl groups excluding tert-OH is 1. The molecule has 1 aliphatic rings. The van der Waals surface area contributed by atoms with E-state index in [1.54, 1.807) is 6.07 Å². The van der Waals surface area contributed by atoms with Crippen LogP contribution >= 0.6 is 11.6 Å². The zero-order valence-electron chi connectivity index (χ0n) is 11.5. The van der Waals surface area contributed by atoms with E-state index in [9.17, 15) is 9.90 Å². The third-order valence-electron chi connectivity index (χ3n) is 3.89. The third kappa shape index (κ3) is 4.20. The average molecular weight is 297 g/mol. The number of primary amides is 1. The minimum atomic E-state index is -0.573. The first-order valence-electron chi connectivity index (χ1n) is 6.99. The molecule has 1 amide bonds. The summed E-state index contributed by atoms with van der Waals surface area (Å²) in [7, 11) is 0. The van der Waals surface area contributed by atoms with Crippen molar-refractivity contribution in [3.8, 4) is 0 Å². The molecule has 0 spiro atoms. The molecule has 110 valence electrons. The lowest BCUT2D eigenvalue weighted by Crippen LogP contribution is -2.37. The summed E-state index contributed by atoms with van der Waals surface area (Å²) in [6.45, 7) is 2.35. The highest BCUT2D eigenvalue weighted by Gasteiger charge is 2.23. The van der Waals surface area contributed by atoms with Gasteiger partial charge >= 0.3 is 0 Å². The maximum atomic E-state index is 10.9. The van der Waals surface area contributed by atoms with Gasteiger partial charge in [0, 0.05) is 23.6 Å². The number of nitrogens with zero attached hydrogens (tertiary/aromatic N) is 1. The van der Waals surface area contributed by atoms with E-state index >= 15 is 0 Å². The molecule has 0 saturated carbocycles. The van der Waals surface area contributed by atoms with Gasteiger partial charge in [0.2, 0.25) is 5.91 Å². The maximum absolute atomic E-state index is 10.9. The minimum Gasteiger partial charge on any atom is -0.387 e. The van der Waals surface area contributed by atoms with Crippen molar-refractivity contribution in [3.05, 3.63) is 34.9 Å². The highest BCUT2D eigenvalue weighted by molar-refractivity contribution is 6.31. The molecule has 1 unspecified atom stereocenters. The van der Waals surface area contributed by atoms with Gasteiger partial charge in [-0.25, -0.2) is 0 Å². The van der Waals surface area contributed by atoms with E-state index in [0.29, 0.717) is 23.9 Å². The van der Waals surface area contributed by atoms with Gasteiger partial charge in [-0.05, 0) is 37.9 Å². The monoisotopic (exact) mass is 296 g/mol. The number of amides is 1. The Morgan fingerprint density at radius 2 is 2.05 bits per heavy atom. The Morgan fingerprint density at radius 3 is 2.65 bits per heavy atom. The SMILES string of the molecule is NC(=O)CC1CCN(CC(O)c2ccccc2Cl)CC1. The van der Waals surface area contributed by atoms with Crippen molar-refractivity contribution in [3.63, 3.8) is 0 Å². The molecule has 20 heavy (non-hydrogen) atoms. The van der Waals surface area contributed by atoms with E-state index in [4.69, 9.17) is 17.3 Å². The second-order valence-electron chi connectivity index (χ2n) is 5.45. The van der Waals surface area contributed by atoms with Crippen molar-refractivity contribution in [2.24, 2.45) is 11.7 Å². The van der Waals surface area contributed by atoms with E-state index < -0.39 is 6.10 Å². The minimum absolute atomic E-state index is 0.223. The van der Waals surface area contributed by atoms with Crippen molar-refractivity contribution in [1.82, 2.24) is 4.90 Å². The van der Waals surface area contributed by atoms with Crippen LogP contribution < -0.4 is 5.73 Å². The van der Waals surface area contributed by atoms with E-state index in [2.05, 4.69) is 4.90 Å². The summed E-state index contributed by atoms with van der Waals surface area (Å²) in [4.78, 5) is 13.1. The van der Waals surface area contributed by atoms with Gasteiger partial charge < -0.3 is 15.7 Å². The molecule has 1 atom stereocenters. The van der Waals surface area contributed by atoms with Crippen LogP contribution in [-0.2, 0) is 4.79 Å². The van der Waals surface area contributed by atoms with E-state index in [0.717, 1.165) is 31.5 Å². The number of β-amino-alcohol motifs (C(OH)–C–C–N with tert-alkyl or cyclic N) is 1. The molecular weight excluding hydrogens is 276 g/mol. The van der Waals surface area contributed by atoms with E-state index in [-0.39, 0.29) is 5.91 Å². The maximum Gasteiger partial charge on any atom is 0.217 e. The second kappa shape index (κ2) is 7.07. The van der Waals surface area contributed by atoms with Crippen LogP contribution in [0.1, 0.15) is 30.9 Å². The number of nitrogens with two attached hydrogens (primary N) is 1. The topological polar surface area (TPSA) is 66.6 Å². The second-order valence-corrected chi connectivity index (χ2v) is 5.86. The number of carbonyl (C=O) groups excluding carboxylic acids is 1. The molecule has 0 bridgehead atoms. The molecular formula is C15H21ClN2O2. The lowest BCUT2D eigenvalue weighted by atomic mass is 9.93. The summed E-state index contributed by atoms with van der Waals surface area (Å²) < 4.78 is 0. The first-order chi connectivity index (χ1) is 9.56. The van der Waals surface area contributed by atoms with Gasteiger partial charge in [0.25, 0.3) is 0 Å². The molecule has 5 heteroatoms. The Balaban J connectivity index is 1.83. The largest absolute Gasteiger partial charge is 0.387 e. The smallest absolute Gasteiger partial charge is 0.217 e. The third-order valence-corrected chi connectivity index (χ3v) is 4.24. The molecule has 0 aliphatic carbocycles. The predicted octanol–water partition coefficient (Wildman–Crippen LogP) is 1.96. The number of rotatable bonds is 5. The Morgan fingerprint density at radius 1 is 1.40 bits per heavy atom. The molecule has 1 heterocycles. The van der Waals surface area contributed by atoms with Crippen molar-refractivity contribution >= 4 is 17.5 Å². The normalized spacial score (nSPS) is 18.9. The number of benzene rings is 1. The number of hydrogen-bond donors (Lipinski definition) is 2. The van der Waals surface area contributed by atoms with Crippen LogP contribution in [-0.4, -0.2) is 35.5 Å². The molecule has 1 aromatic rings. The molecule has 1 aliphatic heterocycles. The Labute approximate surface area is 124 Å². The average Bonchev–Trinajstić information content (AvgIpc) is 2.41. The summed E-state index contributed by atoms with van der Waals surface area (Å²) in [5.41, 5.74) is 6.00. The van der Waals surface area contributed by atoms with Gasteiger partial charge in [0.1, 0.15) is 0 Å². The first-order valence-corrected chi connectivity index (χ1v) is 7.37. The fourth-order valence-electron chi connectivity index (χ4n) is 2.75. The molecule has 1 aromatic carbocycles. The molecule has 0 radical (unpaired) electrons. The van der Waals surface area contributed by atoms with Crippen LogP contribution in [0.15, 0.2) is 24.3 Å². The molecule has 2 rings (SSSR count). The number of carbonyl (C=O) groups is 1. The molecule has 1 saturated heterocycles. The number of hydrogen-bond acceptors (Lipinski definition) is 3. The molecule has 0 aromatic heterocycles. The zero-order valence-corrected chi connectivity index (χ0v) is 12.2. The number of piperidine rings is 1. The standard InChI is InChI=1S/C15H21ClN2O2/c16-13-4-2-1-3-12(13)14(19)10-18-7-5-11(6-8-18)9-15(17)20/h1-4,11,14,19H,5-10H2,(H2,17,20). The van der Waals surface area contributed by atoms with Gasteiger partial charge in [0.05, 0.1) is 6.10 Å². The van der Waals surface area contributed by atoms with Crippen LogP contribution in [0.25, 0.3) is 0 Å². The van der Waals surface area contributed by atoms with Gasteiger partial charge in [-0.1, -0.05) is 29.8 Å². The highest BCUT2D eigenvalue weighted by Crippen LogP contribution is 2.26. The predicted molar refractivity (Wildman–Crippen MR) is 79.4 cm³/mol. The Kier molecular flexibility index (Phi) is 5.40. The summed E-state index contributed by atoms with van der Waals surface area (Å²) in [5.74, 6) is 0.167. The Bertz CT molecular complexity index is 459. The van der Waals surface area contributed by atoms with Gasteiger partial charge in [-0.3, -0.25) is 4.79 Å². The van der Waals surface area contributed by atoms with Crippen LogP contribution in [0.4, 0.5) is 0 Å². The van der Waals surface area contributed by atoms with Gasteiger partial charge in [-0.15, -0.1) is 0 Å². The van der Waals surface area contributed by atoms with Gasteiger partial charge in [0.15, 0.2) is 0 Å². The first kappa shape index (κ1) is 15.3. The molecule has 3 N–H and O–H groups in total. The van der Waals surface area contributed by atoms with Crippen molar-refractivity contribution < 1.29 is 9.90 Å².